The van der Waals surface area contributed by atoms with Crippen molar-refractivity contribution in [1.29, 1.82) is 0 Å². The Hall–Kier alpha value is -1.69. The van der Waals surface area contributed by atoms with E-state index in [0.717, 1.165) is 6.42 Å². The Labute approximate surface area is 103 Å². The summed E-state index contributed by atoms with van der Waals surface area (Å²) < 4.78 is 0. The molecule has 2 aromatic rings. The molecular formula is C11H14N4OS. The molecule has 5 nitrogen and oxygen atoms in total. The third-order valence-electron chi connectivity index (χ3n) is 2.31. The molecule has 6 heteroatoms. The molecule has 0 fully saturated rings. The molecule has 1 amide bonds. The van der Waals surface area contributed by atoms with Crippen LogP contribution >= 0.6 is 11.3 Å². The number of carbonyl (C=O) groups is 1. The molecule has 0 saturated heterocycles. The van der Waals surface area contributed by atoms with Crippen molar-refractivity contribution in [2.24, 2.45) is 0 Å². The second-order valence-corrected chi connectivity index (χ2v) is 5.30. The van der Waals surface area contributed by atoms with Crippen molar-refractivity contribution in [2.45, 2.75) is 26.3 Å². The highest BCUT2D eigenvalue weighted by atomic mass is 32.1. The number of aromatic amines is 1. The zero-order chi connectivity index (χ0) is 12.3. The number of nitrogens with zero attached hydrogens (tertiary/aromatic N) is 2. The molecule has 2 N–H and O–H groups in total. The zero-order valence-electron chi connectivity index (χ0n) is 9.73. The average molecular weight is 250 g/mol. The van der Waals surface area contributed by atoms with Crippen LogP contribution in [-0.4, -0.2) is 27.1 Å². The fourth-order valence-corrected chi connectivity index (χ4v) is 2.57. The lowest BCUT2D eigenvalue weighted by Gasteiger charge is -2.11. The molecule has 0 aliphatic heterocycles. The van der Waals surface area contributed by atoms with Gasteiger partial charge < -0.3 is 5.32 Å². The van der Waals surface area contributed by atoms with Gasteiger partial charge in [0.1, 0.15) is 6.33 Å². The number of nitrogens with one attached hydrogen (secondary N) is 2. The summed E-state index contributed by atoms with van der Waals surface area (Å²) in [6.07, 6.45) is 2.15. The van der Waals surface area contributed by atoms with Gasteiger partial charge in [0.05, 0.1) is 0 Å². The van der Waals surface area contributed by atoms with Crippen LogP contribution in [0.2, 0.25) is 0 Å². The summed E-state index contributed by atoms with van der Waals surface area (Å²) in [5.74, 6) is 0.0301. The molecule has 0 spiro atoms. The number of rotatable bonds is 4. The second-order valence-electron chi connectivity index (χ2n) is 3.93. The summed E-state index contributed by atoms with van der Waals surface area (Å²) in [7, 11) is 0. The van der Waals surface area contributed by atoms with Gasteiger partial charge in [0.25, 0.3) is 5.91 Å². The smallest absolute Gasteiger partial charge is 0.288 e. The summed E-state index contributed by atoms with van der Waals surface area (Å²) in [5, 5.41) is 9.06. The minimum atomic E-state index is -0.219. The molecule has 0 saturated carbocycles. The fraction of sp³-hybridized carbons (Fsp3) is 0.364. The standard InChI is InChI=1S/C11H14N4OS/c1-7(5-9-4-3-8(2)17-9)14-11(16)10-12-6-13-15-10/h3-4,6-7H,5H2,1-2H3,(H,14,16)(H,12,13,15). The molecule has 0 aliphatic rings. The Bertz CT molecular complexity index is 491. The van der Waals surface area contributed by atoms with Crippen molar-refractivity contribution in [3.63, 3.8) is 0 Å². The van der Waals surface area contributed by atoms with Crippen molar-refractivity contribution in [1.82, 2.24) is 20.5 Å². The van der Waals surface area contributed by atoms with Gasteiger partial charge in [0, 0.05) is 22.2 Å². The van der Waals surface area contributed by atoms with Crippen LogP contribution in [0.3, 0.4) is 0 Å². The molecule has 0 bridgehead atoms. The van der Waals surface area contributed by atoms with E-state index in [9.17, 15) is 4.79 Å². The van der Waals surface area contributed by atoms with Crippen LogP contribution in [0.15, 0.2) is 18.5 Å². The van der Waals surface area contributed by atoms with Gasteiger partial charge in [-0.15, -0.1) is 11.3 Å². The van der Waals surface area contributed by atoms with E-state index in [1.54, 1.807) is 11.3 Å². The van der Waals surface area contributed by atoms with E-state index in [1.165, 1.54) is 16.1 Å². The first-order valence-electron chi connectivity index (χ1n) is 5.36. The van der Waals surface area contributed by atoms with Crippen LogP contribution in [0.4, 0.5) is 0 Å². The monoisotopic (exact) mass is 250 g/mol. The van der Waals surface area contributed by atoms with E-state index in [4.69, 9.17) is 0 Å². The fourth-order valence-electron chi connectivity index (χ4n) is 1.55. The van der Waals surface area contributed by atoms with Gasteiger partial charge in [-0.05, 0) is 26.0 Å². The van der Waals surface area contributed by atoms with Gasteiger partial charge in [0.2, 0.25) is 5.82 Å². The van der Waals surface area contributed by atoms with E-state index >= 15 is 0 Å². The van der Waals surface area contributed by atoms with Crippen molar-refractivity contribution in [3.8, 4) is 0 Å². The minimum absolute atomic E-state index is 0.0747. The lowest BCUT2D eigenvalue weighted by atomic mass is 10.2. The molecule has 2 rings (SSSR count). The number of aromatic nitrogens is 3. The van der Waals surface area contributed by atoms with Crippen LogP contribution in [0.25, 0.3) is 0 Å². The summed E-state index contributed by atoms with van der Waals surface area (Å²) in [5.41, 5.74) is 0. The van der Waals surface area contributed by atoms with Crippen LogP contribution in [0.5, 0.6) is 0 Å². The normalized spacial score (nSPS) is 12.4. The third kappa shape index (κ3) is 3.13. The van der Waals surface area contributed by atoms with Crippen molar-refractivity contribution < 1.29 is 4.79 Å². The van der Waals surface area contributed by atoms with Gasteiger partial charge in [0.15, 0.2) is 0 Å². The van der Waals surface area contributed by atoms with Gasteiger partial charge in [-0.1, -0.05) is 0 Å². The van der Waals surface area contributed by atoms with E-state index in [0.29, 0.717) is 0 Å². The molecule has 17 heavy (non-hydrogen) atoms. The maximum Gasteiger partial charge on any atom is 0.288 e. The maximum atomic E-state index is 11.7. The van der Waals surface area contributed by atoms with Crippen molar-refractivity contribution in [3.05, 3.63) is 34.0 Å². The van der Waals surface area contributed by atoms with Crippen LogP contribution in [0.1, 0.15) is 27.3 Å². The minimum Gasteiger partial charge on any atom is -0.347 e. The molecule has 1 atom stereocenters. The number of hydrogen-bond donors (Lipinski definition) is 2. The van der Waals surface area contributed by atoms with Gasteiger partial charge in [-0.2, -0.15) is 5.10 Å². The first-order chi connectivity index (χ1) is 8.15. The quantitative estimate of drug-likeness (QED) is 0.864. The van der Waals surface area contributed by atoms with E-state index in [1.807, 2.05) is 6.92 Å². The predicted octanol–water partition coefficient (Wildman–Crippen LogP) is 1.54. The van der Waals surface area contributed by atoms with E-state index in [-0.39, 0.29) is 17.8 Å². The number of H-pyrrole nitrogens is 1. The zero-order valence-corrected chi connectivity index (χ0v) is 10.5. The molecule has 0 aromatic carbocycles. The Morgan fingerprint density at radius 1 is 1.59 bits per heavy atom. The van der Waals surface area contributed by atoms with Crippen molar-refractivity contribution >= 4 is 17.2 Å². The topological polar surface area (TPSA) is 70.7 Å². The summed E-state index contributed by atoms with van der Waals surface area (Å²) in [4.78, 5) is 18.0. The molecule has 90 valence electrons. The number of aryl methyl sites for hydroxylation is 1. The molecular weight excluding hydrogens is 236 g/mol. The number of thiophene rings is 1. The van der Waals surface area contributed by atoms with E-state index < -0.39 is 0 Å². The molecule has 1 unspecified atom stereocenters. The second kappa shape index (κ2) is 5.09. The van der Waals surface area contributed by atoms with Gasteiger partial charge >= 0.3 is 0 Å². The van der Waals surface area contributed by atoms with Crippen LogP contribution in [0, 0.1) is 6.92 Å². The SMILES string of the molecule is Cc1ccc(CC(C)NC(=O)c2ncn[nH]2)s1. The van der Waals surface area contributed by atoms with Gasteiger partial charge in [-0.3, -0.25) is 9.89 Å². The highest BCUT2D eigenvalue weighted by Crippen LogP contribution is 2.16. The number of hydrogen-bond acceptors (Lipinski definition) is 4. The summed E-state index contributed by atoms with van der Waals surface area (Å²) in [6, 6.07) is 4.26. The van der Waals surface area contributed by atoms with Crippen LogP contribution < -0.4 is 5.32 Å². The maximum absolute atomic E-state index is 11.7. The Morgan fingerprint density at radius 3 is 3.00 bits per heavy atom. The Morgan fingerprint density at radius 2 is 2.41 bits per heavy atom. The third-order valence-corrected chi connectivity index (χ3v) is 3.33. The van der Waals surface area contributed by atoms with Crippen molar-refractivity contribution in [2.75, 3.05) is 0 Å². The lowest BCUT2D eigenvalue weighted by molar-refractivity contribution is 0.0930. The number of amides is 1. The molecule has 2 heterocycles. The number of carbonyl (C=O) groups excluding carboxylic acids is 1. The molecule has 0 aliphatic carbocycles. The first kappa shape index (κ1) is 11.8. The average Bonchev–Trinajstić information content (AvgIpc) is 2.89. The Kier molecular flexibility index (Phi) is 3.53. The predicted molar refractivity (Wildman–Crippen MR) is 66.1 cm³/mol. The van der Waals surface area contributed by atoms with E-state index in [2.05, 4.69) is 39.6 Å². The Balaban J connectivity index is 1.89. The highest BCUT2D eigenvalue weighted by molar-refractivity contribution is 7.11. The summed E-state index contributed by atoms with van der Waals surface area (Å²) in [6.45, 7) is 4.05. The highest BCUT2D eigenvalue weighted by Gasteiger charge is 2.12. The first-order valence-corrected chi connectivity index (χ1v) is 6.18. The largest absolute Gasteiger partial charge is 0.347 e. The van der Waals surface area contributed by atoms with Gasteiger partial charge in [-0.25, -0.2) is 4.98 Å². The summed E-state index contributed by atoms with van der Waals surface area (Å²) >= 11 is 1.75. The molecule has 2 aromatic heterocycles. The molecule has 0 radical (unpaired) electrons. The lowest BCUT2D eigenvalue weighted by Crippen LogP contribution is -2.34. The van der Waals surface area contributed by atoms with Crippen LogP contribution in [-0.2, 0) is 6.42 Å².